The second-order valence-electron chi connectivity index (χ2n) is 5.26. The molecule has 0 aliphatic carbocycles. The molecule has 3 rings (SSSR count). The van der Waals surface area contributed by atoms with Gasteiger partial charge < -0.3 is 14.3 Å². The number of carbonyl (C=O) groups is 2. The quantitative estimate of drug-likeness (QED) is 0.588. The molecule has 2 heterocycles. The third-order valence-electron chi connectivity index (χ3n) is 3.58. The van der Waals surface area contributed by atoms with Gasteiger partial charge in [0.15, 0.2) is 0 Å². The van der Waals surface area contributed by atoms with Gasteiger partial charge in [0.2, 0.25) is 0 Å². The van der Waals surface area contributed by atoms with Crippen LogP contribution in [-0.4, -0.2) is 27.1 Å². The van der Waals surface area contributed by atoms with Gasteiger partial charge in [-0.05, 0) is 43.3 Å². The number of nitrogens with zero attached hydrogens (tertiary/aromatic N) is 1. The smallest absolute Gasteiger partial charge is 0.266 e. The van der Waals surface area contributed by atoms with Crippen molar-refractivity contribution in [2.24, 2.45) is 0 Å². The van der Waals surface area contributed by atoms with E-state index in [4.69, 9.17) is 28.2 Å². The molecule has 1 fully saturated rings. The summed E-state index contributed by atoms with van der Waals surface area (Å²) < 4.78 is 5.90. The average molecular weight is 393 g/mol. The molecular weight excluding hydrogens is 382 g/mol. The zero-order chi connectivity index (χ0) is 18.1. The average Bonchev–Trinajstić information content (AvgIpc) is 3.13. The van der Waals surface area contributed by atoms with Gasteiger partial charge in [0, 0.05) is 16.7 Å². The maximum atomic E-state index is 12.4. The van der Waals surface area contributed by atoms with Crippen LogP contribution in [0.2, 0.25) is 5.02 Å². The molecule has 1 aliphatic heterocycles. The van der Waals surface area contributed by atoms with E-state index in [1.807, 2.05) is 12.1 Å². The van der Waals surface area contributed by atoms with Crippen LogP contribution in [0.25, 0.3) is 17.4 Å². The topological polar surface area (TPSA) is 73.6 Å². The van der Waals surface area contributed by atoms with Crippen LogP contribution in [0.5, 0.6) is 0 Å². The first-order valence-corrected chi connectivity index (χ1v) is 8.81. The number of carboxylic acids is 1. The number of thioether (sulfide) groups is 1. The summed E-state index contributed by atoms with van der Waals surface area (Å²) in [6.45, 7) is 1.36. The summed E-state index contributed by atoms with van der Waals surface area (Å²) >= 11 is 12.0. The zero-order valence-corrected chi connectivity index (χ0v) is 15.3. The lowest BCUT2D eigenvalue weighted by molar-refractivity contribution is -0.309. The summed E-state index contributed by atoms with van der Waals surface area (Å²) in [4.78, 5) is 24.7. The predicted molar refractivity (Wildman–Crippen MR) is 98.6 cm³/mol. The fraction of sp³-hybridized carbons (Fsp3) is 0.118. The summed E-state index contributed by atoms with van der Waals surface area (Å²) in [6.07, 6.45) is 1.54. The van der Waals surface area contributed by atoms with E-state index >= 15 is 0 Å². The van der Waals surface area contributed by atoms with Crippen LogP contribution in [0.15, 0.2) is 45.7 Å². The molecule has 0 radical (unpaired) electrons. The normalized spacial score (nSPS) is 17.4. The largest absolute Gasteiger partial charge is 0.548 e. The summed E-state index contributed by atoms with van der Waals surface area (Å²) in [6, 6.07) is 9.53. The number of hydrogen-bond donors (Lipinski definition) is 0. The number of furan rings is 1. The minimum absolute atomic E-state index is 0.178. The molecule has 1 atom stereocenters. The number of rotatable bonds is 4. The highest BCUT2D eigenvalue weighted by Crippen LogP contribution is 2.34. The molecule has 1 aliphatic rings. The minimum Gasteiger partial charge on any atom is -0.548 e. The third-order valence-corrected chi connectivity index (χ3v) is 5.16. The van der Waals surface area contributed by atoms with Crippen molar-refractivity contribution in [3.63, 3.8) is 0 Å². The van der Waals surface area contributed by atoms with E-state index in [-0.39, 0.29) is 4.32 Å². The highest BCUT2D eigenvalue weighted by molar-refractivity contribution is 8.26. The lowest BCUT2D eigenvalue weighted by Gasteiger charge is -2.23. The minimum atomic E-state index is -1.36. The van der Waals surface area contributed by atoms with Crippen molar-refractivity contribution in [2.45, 2.75) is 13.0 Å². The number of halogens is 1. The summed E-state index contributed by atoms with van der Waals surface area (Å²) in [5.74, 6) is -0.746. The van der Waals surface area contributed by atoms with Gasteiger partial charge in [0.25, 0.3) is 5.91 Å². The molecule has 0 saturated carbocycles. The fourth-order valence-corrected chi connectivity index (χ4v) is 3.77. The number of carbonyl (C=O) groups excluding carboxylic acids is 2. The number of benzene rings is 1. The highest BCUT2D eigenvalue weighted by Gasteiger charge is 2.36. The third kappa shape index (κ3) is 3.63. The van der Waals surface area contributed by atoms with Crippen molar-refractivity contribution >= 4 is 57.9 Å². The second-order valence-corrected chi connectivity index (χ2v) is 7.37. The van der Waals surface area contributed by atoms with Crippen LogP contribution < -0.4 is 5.11 Å². The standard InChI is InChI=1S/C17H12ClNO4S2/c1-9(16(21)22)19-15(20)14(25-17(19)24)8-12-6-7-13(23-12)10-2-4-11(18)5-3-10/h2-9H,1H3,(H,21,22)/p-1/b14-8-/t9-/m0/s1. The molecule has 5 nitrogen and oxygen atoms in total. The first-order chi connectivity index (χ1) is 11.9. The molecule has 0 unspecified atom stereocenters. The second kappa shape index (κ2) is 7.03. The van der Waals surface area contributed by atoms with Crippen LogP contribution in [0.3, 0.4) is 0 Å². The highest BCUT2D eigenvalue weighted by atomic mass is 35.5. The van der Waals surface area contributed by atoms with Gasteiger partial charge in [0.05, 0.1) is 16.9 Å². The van der Waals surface area contributed by atoms with Crippen molar-refractivity contribution in [2.75, 3.05) is 0 Å². The van der Waals surface area contributed by atoms with Gasteiger partial charge in [-0.3, -0.25) is 9.69 Å². The van der Waals surface area contributed by atoms with Crippen LogP contribution >= 0.6 is 35.6 Å². The number of hydrogen-bond acceptors (Lipinski definition) is 6. The van der Waals surface area contributed by atoms with E-state index in [9.17, 15) is 14.7 Å². The Morgan fingerprint density at radius 2 is 2.00 bits per heavy atom. The first-order valence-electron chi connectivity index (χ1n) is 7.20. The van der Waals surface area contributed by atoms with Crippen LogP contribution in [-0.2, 0) is 9.59 Å². The molecule has 1 amide bonds. The Labute approximate surface area is 158 Å². The maximum absolute atomic E-state index is 12.4. The molecule has 25 heavy (non-hydrogen) atoms. The summed E-state index contributed by atoms with van der Waals surface area (Å²) in [5, 5.41) is 11.6. The van der Waals surface area contributed by atoms with E-state index in [1.165, 1.54) is 6.92 Å². The van der Waals surface area contributed by atoms with E-state index in [2.05, 4.69) is 0 Å². The van der Waals surface area contributed by atoms with Gasteiger partial charge in [-0.2, -0.15) is 0 Å². The maximum Gasteiger partial charge on any atom is 0.266 e. The number of thiocarbonyl (C=S) groups is 1. The van der Waals surface area contributed by atoms with Gasteiger partial charge in [-0.1, -0.05) is 35.6 Å². The monoisotopic (exact) mass is 392 g/mol. The summed E-state index contributed by atoms with van der Waals surface area (Å²) in [5.41, 5.74) is 0.849. The Kier molecular flexibility index (Phi) is 4.99. The van der Waals surface area contributed by atoms with Gasteiger partial charge in [-0.15, -0.1) is 0 Å². The van der Waals surface area contributed by atoms with E-state index in [0.717, 1.165) is 22.2 Å². The van der Waals surface area contributed by atoms with Crippen molar-refractivity contribution in [1.82, 2.24) is 4.90 Å². The molecule has 1 aromatic carbocycles. The van der Waals surface area contributed by atoms with Crippen LogP contribution in [0.1, 0.15) is 12.7 Å². The van der Waals surface area contributed by atoms with Gasteiger partial charge in [-0.25, -0.2) is 0 Å². The molecule has 1 aromatic heterocycles. The van der Waals surface area contributed by atoms with Crippen molar-refractivity contribution in [3.05, 3.63) is 52.1 Å². The van der Waals surface area contributed by atoms with Crippen LogP contribution in [0.4, 0.5) is 0 Å². The zero-order valence-electron chi connectivity index (χ0n) is 12.9. The van der Waals surface area contributed by atoms with E-state index < -0.39 is 17.9 Å². The fourth-order valence-electron chi connectivity index (χ4n) is 2.25. The molecule has 0 N–H and O–H groups in total. The Hall–Kier alpha value is -2.09. The Morgan fingerprint density at radius 3 is 2.64 bits per heavy atom. The molecular formula is C17H11ClNO4S2-. The predicted octanol–water partition coefficient (Wildman–Crippen LogP) is 2.94. The van der Waals surface area contributed by atoms with Crippen molar-refractivity contribution in [3.8, 4) is 11.3 Å². The molecule has 128 valence electrons. The number of carboxylic acid groups (broad SMARTS) is 1. The van der Waals surface area contributed by atoms with Gasteiger partial charge in [0.1, 0.15) is 15.8 Å². The van der Waals surface area contributed by atoms with E-state index in [0.29, 0.717) is 21.4 Å². The first kappa shape index (κ1) is 17.7. The Balaban J connectivity index is 1.84. The Bertz CT molecular complexity index is 888. The Morgan fingerprint density at radius 1 is 1.32 bits per heavy atom. The molecule has 8 heteroatoms. The number of amides is 1. The summed E-state index contributed by atoms with van der Waals surface area (Å²) in [7, 11) is 0. The molecule has 1 saturated heterocycles. The molecule has 0 bridgehead atoms. The SMILES string of the molecule is C[C@@H](C(=O)[O-])N1C(=O)/C(=C/c2ccc(-c3ccc(Cl)cc3)o2)SC1=S. The lowest BCUT2D eigenvalue weighted by atomic mass is 10.2. The van der Waals surface area contributed by atoms with E-state index in [1.54, 1.807) is 30.3 Å². The molecule has 0 spiro atoms. The van der Waals surface area contributed by atoms with Crippen molar-refractivity contribution < 1.29 is 19.1 Å². The number of aliphatic carboxylic acids is 1. The van der Waals surface area contributed by atoms with Gasteiger partial charge >= 0.3 is 0 Å². The molecule has 2 aromatic rings. The lowest BCUT2D eigenvalue weighted by Crippen LogP contribution is -2.48. The van der Waals surface area contributed by atoms with Crippen molar-refractivity contribution in [1.29, 1.82) is 0 Å². The van der Waals surface area contributed by atoms with Crippen LogP contribution in [0, 0.1) is 0 Å².